The largest absolute Gasteiger partial charge is 0.393 e. The van der Waals surface area contributed by atoms with Crippen molar-refractivity contribution >= 4 is 23.2 Å². The van der Waals surface area contributed by atoms with E-state index in [1.54, 1.807) is 19.2 Å². The lowest BCUT2D eigenvalue weighted by Gasteiger charge is -2.41. The van der Waals surface area contributed by atoms with Crippen LogP contribution < -0.4 is 0 Å². The van der Waals surface area contributed by atoms with Crippen LogP contribution in [-0.2, 0) is 11.2 Å². The highest BCUT2D eigenvalue weighted by Gasteiger charge is 2.38. The van der Waals surface area contributed by atoms with Gasteiger partial charge in [-0.25, -0.2) is 0 Å². The lowest BCUT2D eigenvalue weighted by molar-refractivity contribution is -0.0989. The van der Waals surface area contributed by atoms with Gasteiger partial charge in [0, 0.05) is 23.6 Å². The number of methoxy groups -OCH3 is 1. The summed E-state index contributed by atoms with van der Waals surface area (Å²) in [6.07, 6.45) is 3.98. The molecule has 0 bridgehead atoms. The Bertz CT molecular complexity index is 411. The van der Waals surface area contributed by atoms with Gasteiger partial charge in [0.15, 0.2) is 0 Å². The number of benzene rings is 1. The monoisotopic (exact) mass is 288 g/mol. The summed E-state index contributed by atoms with van der Waals surface area (Å²) in [5, 5.41) is 11.5. The van der Waals surface area contributed by atoms with Crippen LogP contribution in [0.2, 0.25) is 10.0 Å². The van der Waals surface area contributed by atoms with Crippen molar-refractivity contribution in [3.05, 3.63) is 33.8 Å². The Labute approximate surface area is 118 Å². The smallest absolute Gasteiger partial charge is 0.0703 e. The molecule has 2 rings (SSSR count). The standard InChI is InChI=1S/C14H18Cl2O2/c1-18-14(5-2-6-14)9-12(17)8-10-7-11(15)3-4-13(10)16/h3-4,7,12,17H,2,5-6,8-9H2,1H3. The van der Waals surface area contributed by atoms with E-state index in [4.69, 9.17) is 27.9 Å². The molecule has 1 aliphatic carbocycles. The molecule has 0 radical (unpaired) electrons. The van der Waals surface area contributed by atoms with E-state index in [9.17, 15) is 5.11 Å². The third kappa shape index (κ3) is 3.18. The second-order valence-electron chi connectivity index (χ2n) is 5.04. The van der Waals surface area contributed by atoms with E-state index in [0.29, 0.717) is 22.9 Å². The molecule has 2 nitrogen and oxygen atoms in total. The van der Waals surface area contributed by atoms with Crippen LogP contribution in [0.5, 0.6) is 0 Å². The highest BCUT2D eigenvalue weighted by molar-refractivity contribution is 6.33. The normalized spacial score (nSPS) is 19.3. The molecule has 0 amide bonds. The Morgan fingerprint density at radius 2 is 2.11 bits per heavy atom. The van der Waals surface area contributed by atoms with E-state index in [1.807, 2.05) is 6.07 Å². The lowest BCUT2D eigenvalue weighted by atomic mass is 9.75. The predicted octanol–water partition coefficient (Wildman–Crippen LogP) is 3.86. The number of aliphatic hydroxyl groups is 1. The average molecular weight is 289 g/mol. The minimum atomic E-state index is -0.443. The Hall–Kier alpha value is -0.280. The van der Waals surface area contributed by atoms with Crippen molar-refractivity contribution in [3.8, 4) is 0 Å². The molecule has 0 spiro atoms. The molecule has 1 unspecified atom stereocenters. The summed E-state index contributed by atoms with van der Waals surface area (Å²) in [5.74, 6) is 0. The van der Waals surface area contributed by atoms with Gasteiger partial charge in [0.1, 0.15) is 0 Å². The number of aliphatic hydroxyl groups excluding tert-OH is 1. The molecule has 1 N–H and O–H groups in total. The maximum absolute atomic E-state index is 10.2. The maximum atomic E-state index is 10.2. The van der Waals surface area contributed by atoms with Gasteiger partial charge in [-0.1, -0.05) is 23.2 Å². The van der Waals surface area contributed by atoms with Gasteiger partial charge < -0.3 is 9.84 Å². The van der Waals surface area contributed by atoms with Gasteiger partial charge in [-0.2, -0.15) is 0 Å². The summed E-state index contributed by atoms with van der Waals surface area (Å²) < 4.78 is 5.52. The molecule has 1 aromatic carbocycles. The molecule has 4 heteroatoms. The first-order valence-electron chi connectivity index (χ1n) is 6.22. The summed E-state index contributed by atoms with van der Waals surface area (Å²) >= 11 is 12.0. The highest BCUT2D eigenvalue weighted by Crippen LogP contribution is 2.39. The van der Waals surface area contributed by atoms with E-state index in [1.165, 1.54) is 6.42 Å². The van der Waals surface area contributed by atoms with E-state index in [0.717, 1.165) is 18.4 Å². The molecule has 0 aromatic heterocycles. The first-order valence-corrected chi connectivity index (χ1v) is 6.97. The number of ether oxygens (including phenoxy) is 1. The molecule has 18 heavy (non-hydrogen) atoms. The zero-order valence-corrected chi connectivity index (χ0v) is 12.0. The lowest BCUT2D eigenvalue weighted by Crippen LogP contribution is -2.42. The van der Waals surface area contributed by atoms with Crippen LogP contribution in [0.25, 0.3) is 0 Å². The average Bonchev–Trinajstić information content (AvgIpc) is 2.28. The first-order chi connectivity index (χ1) is 8.54. The van der Waals surface area contributed by atoms with Crippen molar-refractivity contribution in [1.82, 2.24) is 0 Å². The van der Waals surface area contributed by atoms with Gasteiger partial charge in [0.2, 0.25) is 0 Å². The molecule has 0 aliphatic heterocycles. The molecule has 0 heterocycles. The Kier molecular flexibility index (Phi) is 4.54. The summed E-state index contributed by atoms with van der Waals surface area (Å²) in [7, 11) is 1.72. The number of rotatable bonds is 5. The molecule has 1 saturated carbocycles. The molecule has 0 saturated heterocycles. The van der Waals surface area contributed by atoms with Crippen molar-refractivity contribution in [3.63, 3.8) is 0 Å². The quantitative estimate of drug-likeness (QED) is 0.892. The van der Waals surface area contributed by atoms with E-state index in [-0.39, 0.29) is 5.60 Å². The van der Waals surface area contributed by atoms with E-state index >= 15 is 0 Å². The fraction of sp³-hybridized carbons (Fsp3) is 0.571. The van der Waals surface area contributed by atoms with E-state index in [2.05, 4.69) is 0 Å². The van der Waals surface area contributed by atoms with Crippen LogP contribution in [0, 0.1) is 0 Å². The van der Waals surface area contributed by atoms with Gasteiger partial charge in [0.25, 0.3) is 0 Å². The number of hydrogen-bond donors (Lipinski definition) is 1. The first kappa shape index (κ1) is 14.1. The van der Waals surface area contributed by atoms with Crippen LogP contribution in [0.15, 0.2) is 18.2 Å². The fourth-order valence-electron chi connectivity index (χ4n) is 2.52. The molecule has 100 valence electrons. The van der Waals surface area contributed by atoms with Crippen LogP contribution in [-0.4, -0.2) is 23.9 Å². The maximum Gasteiger partial charge on any atom is 0.0703 e. The summed E-state index contributed by atoms with van der Waals surface area (Å²) in [6, 6.07) is 5.33. The van der Waals surface area contributed by atoms with Gasteiger partial charge in [-0.05, 0) is 49.4 Å². The third-order valence-electron chi connectivity index (χ3n) is 3.77. The molecule has 1 aromatic rings. The summed E-state index contributed by atoms with van der Waals surface area (Å²) in [4.78, 5) is 0. The number of halogens is 2. The zero-order valence-electron chi connectivity index (χ0n) is 10.5. The molecule has 1 atom stereocenters. The predicted molar refractivity (Wildman–Crippen MR) is 74.4 cm³/mol. The van der Waals surface area contributed by atoms with Crippen LogP contribution in [0.1, 0.15) is 31.2 Å². The fourth-order valence-corrected chi connectivity index (χ4v) is 2.91. The van der Waals surface area contributed by atoms with Gasteiger partial charge in [-0.15, -0.1) is 0 Å². The highest BCUT2D eigenvalue weighted by atomic mass is 35.5. The zero-order chi connectivity index (χ0) is 13.2. The Balaban J connectivity index is 1.98. The topological polar surface area (TPSA) is 29.5 Å². The molecular weight excluding hydrogens is 271 g/mol. The SMILES string of the molecule is COC1(CC(O)Cc2cc(Cl)ccc2Cl)CCC1. The van der Waals surface area contributed by atoms with Crippen molar-refractivity contribution in [2.24, 2.45) is 0 Å². The van der Waals surface area contributed by atoms with Gasteiger partial charge in [0.05, 0.1) is 11.7 Å². The molecule has 1 aliphatic rings. The summed E-state index contributed by atoms with van der Waals surface area (Å²) in [5.41, 5.74) is 0.770. The van der Waals surface area contributed by atoms with Crippen molar-refractivity contribution < 1.29 is 9.84 Å². The molecular formula is C14H18Cl2O2. The van der Waals surface area contributed by atoms with Crippen molar-refractivity contribution in [1.29, 1.82) is 0 Å². The Morgan fingerprint density at radius 1 is 1.39 bits per heavy atom. The number of hydrogen-bond acceptors (Lipinski definition) is 2. The minimum absolute atomic E-state index is 0.121. The third-order valence-corrected chi connectivity index (χ3v) is 4.37. The van der Waals surface area contributed by atoms with Gasteiger partial charge in [-0.3, -0.25) is 0 Å². The van der Waals surface area contributed by atoms with Crippen LogP contribution >= 0.6 is 23.2 Å². The van der Waals surface area contributed by atoms with E-state index < -0.39 is 6.10 Å². The van der Waals surface area contributed by atoms with Crippen molar-refractivity contribution in [2.45, 2.75) is 43.8 Å². The second kappa shape index (κ2) is 5.79. The molecule has 1 fully saturated rings. The van der Waals surface area contributed by atoms with Crippen LogP contribution in [0.4, 0.5) is 0 Å². The van der Waals surface area contributed by atoms with Gasteiger partial charge >= 0.3 is 0 Å². The minimum Gasteiger partial charge on any atom is -0.393 e. The van der Waals surface area contributed by atoms with Crippen LogP contribution in [0.3, 0.4) is 0 Å². The second-order valence-corrected chi connectivity index (χ2v) is 5.88. The van der Waals surface area contributed by atoms with Crippen molar-refractivity contribution in [2.75, 3.05) is 7.11 Å². The summed E-state index contributed by atoms with van der Waals surface area (Å²) in [6.45, 7) is 0. The Morgan fingerprint density at radius 3 is 2.67 bits per heavy atom.